The van der Waals surface area contributed by atoms with E-state index in [1.807, 2.05) is 6.92 Å². The lowest BCUT2D eigenvalue weighted by molar-refractivity contribution is -0.149. The van der Waals surface area contributed by atoms with Crippen LogP contribution in [0.3, 0.4) is 0 Å². The Morgan fingerprint density at radius 1 is 1.38 bits per heavy atom. The van der Waals surface area contributed by atoms with E-state index in [1.165, 1.54) is 12.1 Å². The third kappa shape index (κ3) is 6.97. The molecule has 0 radical (unpaired) electrons. The number of likely N-dealkylation sites (tertiary alicyclic amines) is 1. The van der Waals surface area contributed by atoms with Gasteiger partial charge in [-0.2, -0.15) is 0 Å². The molecular formula is C18H27FIN3O3. The number of nitrogens with zero attached hydrogens (tertiary/aromatic N) is 2. The maximum atomic E-state index is 13.1. The molecule has 146 valence electrons. The van der Waals surface area contributed by atoms with Gasteiger partial charge in [0.2, 0.25) is 0 Å². The second kappa shape index (κ2) is 11.9. The Bertz CT molecular complexity index is 593. The summed E-state index contributed by atoms with van der Waals surface area (Å²) < 4.78 is 23.7. The first-order valence-corrected chi connectivity index (χ1v) is 8.64. The topological polar surface area (TPSA) is 63.2 Å². The molecule has 0 bridgehead atoms. The van der Waals surface area contributed by atoms with E-state index in [2.05, 4.69) is 15.2 Å². The van der Waals surface area contributed by atoms with Gasteiger partial charge in [-0.3, -0.25) is 9.79 Å². The first-order chi connectivity index (χ1) is 12.1. The van der Waals surface area contributed by atoms with Crippen LogP contribution in [0, 0.1) is 11.7 Å². The Kier molecular flexibility index (Phi) is 10.3. The van der Waals surface area contributed by atoms with Crippen LogP contribution in [-0.4, -0.2) is 56.7 Å². The van der Waals surface area contributed by atoms with Crippen LogP contribution >= 0.6 is 24.0 Å². The van der Waals surface area contributed by atoms with Gasteiger partial charge in [-0.15, -0.1) is 24.0 Å². The fourth-order valence-electron chi connectivity index (χ4n) is 2.81. The SMILES string of the molecule is CCOC(=O)C1CCN(C(=NC)NCCOc2cccc(F)c2)CC1.I. The third-order valence-corrected chi connectivity index (χ3v) is 4.08. The van der Waals surface area contributed by atoms with Crippen LogP contribution in [-0.2, 0) is 9.53 Å². The van der Waals surface area contributed by atoms with Gasteiger partial charge in [0.05, 0.1) is 19.1 Å². The Morgan fingerprint density at radius 3 is 2.73 bits per heavy atom. The molecule has 6 nitrogen and oxygen atoms in total. The number of aliphatic imine (C=N–C) groups is 1. The number of benzene rings is 1. The average molecular weight is 479 g/mol. The first-order valence-electron chi connectivity index (χ1n) is 8.64. The molecule has 0 atom stereocenters. The van der Waals surface area contributed by atoms with Crippen molar-refractivity contribution < 1.29 is 18.7 Å². The lowest BCUT2D eigenvalue weighted by Gasteiger charge is -2.33. The van der Waals surface area contributed by atoms with Crippen molar-refractivity contribution in [2.45, 2.75) is 19.8 Å². The Morgan fingerprint density at radius 2 is 2.12 bits per heavy atom. The summed E-state index contributed by atoms with van der Waals surface area (Å²) in [5, 5.41) is 3.23. The standard InChI is InChI=1S/C18H26FN3O3.HI/c1-3-24-17(23)14-7-10-22(11-8-14)18(20-2)21-9-12-25-16-6-4-5-15(19)13-16;/h4-6,13-14H,3,7-12H2,1-2H3,(H,20,21);1H. The molecule has 8 heteroatoms. The van der Waals surface area contributed by atoms with Gasteiger partial charge in [-0.1, -0.05) is 6.07 Å². The van der Waals surface area contributed by atoms with Crippen LogP contribution in [0.1, 0.15) is 19.8 Å². The summed E-state index contributed by atoms with van der Waals surface area (Å²) >= 11 is 0. The van der Waals surface area contributed by atoms with Crippen LogP contribution in [0.15, 0.2) is 29.3 Å². The van der Waals surface area contributed by atoms with E-state index in [-0.39, 0.29) is 41.7 Å². The number of hydrogen-bond acceptors (Lipinski definition) is 4. The first kappa shape index (κ1) is 22.5. The van der Waals surface area contributed by atoms with Gasteiger partial charge in [-0.05, 0) is 31.9 Å². The molecule has 0 spiro atoms. The number of ether oxygens (including phenoxy) is 2. The van der Waals surface area contributed by atoms with E-state index in [9.17, 15) is 9.18 Å². The van der Waals surface area contributed by atoms with Gasteiger partial charge in [0.25, 0.3) is 0 Å². The molecule has 1 heterocycles. The molecule has 1 aliphatic rings. The van der Waals surface area contributed by atoms with E-state index in [1.54, 1.807) is 19.2 Å². The molecule has 2 rings (SSSR count). The number of carbonyl (C=O) groups excluding carboxylic acids is 1. The van der Waals surface area contributed by atoms with Crippen LogP contribution in [0.25, 0.3) is 0 Å². The smallest absolute Gasteiger partial charge is 0.309 e. The minimum Gasteiger partial charge on any atom is -0.492 e. The maximum Gasteiger partial charge on any atom is 0.309 e. The Balaban J connectivity index is 0.00000338. The van der Waals surface area contributed by atoms with Crippen molar-refractivity contribution in [1.29, 1.82) is 0 Å². The van der Waals surface area contributed by atoms with Gasteiger partial charge in [0.1, 0.15) is 18.2 Å². The number of rotatable bonds is 6. The van der Waals surface area contributed by atoms with Gasteiger partial charge in [0, 0.05) is 26.2 Å². The molecule has 0 aromatic heterocycles. The van der Waals surface area contributed by atoms with Crippen molar-refractivity contribution in [3.63, 3.8) is 0 Å². The van der Waals surface area contributed by atoms with Gasteiger partial charge in [0.15, 0.2) is 5.96 Å². The van der Waals surface area contributed by atoms with Crippen molar-refractivity contribution in [2.24, 2.45) is 10.9 Å². The minimum absolute atomic E-state index is 0. The summed E-state index contributed by atoms with van der Waals surface area (Å²) in [4.78, 5) is 18.2. The molecular weight excluding hydrogens is 452 g/mol. The van der Waals surface area contributed by atoms with Crippen LogP contribution in [0.2, 0.25) is 0 Å². The van der Waals surface area contributed by atoms with E-state index >= 15 is 0 Å². The molecule has 0 amide bonds. The predicted octanol–water partition coefficient (Wildman–Crippen LogP) is 2.67. The molecule has 1 saturated heterocycles. The quantitative estimate of drug-likeness (QED) is 0.224. The van der Waals surface area contributed by atoms with Crippen molar-refractivity contribution in [3.8, 4) is 5.75 Å². The van der Waals surface area contributed by atoms with E-state index in [0.717, 1.165) is 31.9 Å². The second-order valence-electron chi connectivity index (χ2n) is 5.79. The minimum atomic E-state index is -0.314. The lowest BCUT2D eigenvalue weighted by atomic mass is 9.97. The number of esters is 1. The summed E-state index contributed by atoms with van der Waals surface area (Å²) in [7, 11) is 1.73. The highest BCUT2D eigenvalue weighted by Gasteiger charge is 2.27. The fourth-order valence-corrected chi connectivity index (χ4v) is 2.81. The van der Waals surface area contributed by atoms with Crippen molar-refractivity contribution in [1.82, 2.24) is 10.2 Å². The summed E-state index contributed by atoms with van der Waals surface area (Å²) in [5.41, 5.74) is 0. The monoisotopic (exact) mass is 479 g/mol. The highest BCUT2D eigenvalue weighted by Crippen LogP contribution is 2.18. The number of halogens is 2. The molecule has 1 N–H and O–H groups in total. The Hall–Kier alpha value is -1.58. The normalized spacial score (nSPS) is 15.2. The highest BCUT2D eigenvalue weighted by atomic mass is 127. The maximum absolute atomic E-state index is 13.1. The van der Waals surface area contributed by atoms with Crippen LogP contribution in [0.5, 0.6) is 5.75 Å². The van der Waals surface area contributed by atoms with Crippen molar-refractivity contribution in [3.05, 3.63) is 30.1 Å². The molecule has 0 unspecified atom stereocenters. The zero-order valence-corrected chi connectivity index (χ0v) is 17.6. The van der Waals surface area contributed by atoms with Gasteiger partial charge in [-0.25, -0.2) is 4.39 Å². The largest absolute Gasteiger partial charge is 0.492 e. The number of guanidine groups is 1. The lowest BCUT2D eigenvalue weighted by Crippen LogP contribution is -2.47. The number of nitrogens with one attached hydrogen (secondary N) is 1. The number of hydrogen-bond donors (Lipinski definition) is 1. The summed E-state index contributed by atoms with van der Waals surface area (Å²) in [6.45, 7) is 4.73. The average Bonchev–Trinajstić information content (AvgIpc) is 2.62. The fraction of sp³-hybridized carbons (Fsp3) is 0.556. The molecule has 0 aliphatic carbocycles. The van der Waals surface area contributed by atoms with Crippen LogP contribution in [0.4, 0.5) is 4.39 Å². The zero-order chi connectivity index (χ0) is 18.1. The number of piperidine rings is 1. The summed E-state index contributed by atoms with van der Waals surface area (Å²) in [5.74, 6) is 0.849. The summed E-state index contributed by atoms with van der Waals surface area (Å²) in [6, 6.07) is 6.07. The molecule has 1 aliphatic heterocycles. The number of carbonyl (C=O) groups is 1. The highest BCUT2D eigenvalue weighted by molar-refractivity contribution is 14.0. The molecule has 0 saturated carbocycles. The molecule has 1 fully saturated rings. The molecule has 1 aromatic rings. The summed E-state index contributed by atoms with van der Waals surface area (Å²) in [6.07, 6.45) is 1.53. The predicted molar refractivity (Wildman–Crippen MR) is 110 cm³/mol. The van der Waals surface area contributed by atoms with Crippen molar-refractivity contribution >= 4 is 35.9 Å². The van der Waals surface area contributed by atoms with Gasteiger partial charge >= 0.3 is 5.97 Å². The van der Waals surface area contributed by atoms with E-state index < -0.39 is 0 Å². The third-order valence-electron chi connectivity index (χ3n) is 4.08. The van der Waals surface area contributed by atoms with Crippen LogP contribution < -0.4 is 10.1 Å². The molecule has 1 aromatic carbocycles. The van der Waals surface area contributed by atoms with E-state index in [0.29, 0.717) is 25.5 Å². The van der Waals surface area contributed by atoms with E-state index in [4.69, 9.17) is 9.47 Å². The second-order valence-corrected chi connectivity index (χ2v) is 5.79. The molecule has 26 heavy (non-hydrogen) atoms. The zero-order valence-electron chi connectivity index (χ0n) is 15.2. The van der Waals surface area contributed by atoms with Crippen molar-refractivity contribution in [2.75, 3.05) is 39.9 Å². The Labute approximate surface area is 171 Å². The van der Waals surface area contributed by atoms with Gasteiger partial charge < -0.3 is 19.7 Å².